The summed E-state index contributed by atoms with van der Waals surface area (Å²) in [6.45, 7) is -1.39. The van der Waals surface area contributed by atoms with E-state index in [2.05, 4.69) is 10.1 Å². The van der Waals surface area contributed by atoms with Crippen LogP contribution >= 0.6 is 0 Å². The summed E-state index contributed by atoms with van der Waals surface area (Å²) in [5.41, 5.74) is 4.88. The quantitative estimate of drug-likeness (QED) is 0.705. The fraction of sp³-hybridized carbons (Fsp3) is 0.154. The van der Waals surface area contributed by atoms with Crippen molar-refractivity contribution >= 4 is 33.6 Å². The maximum atomic E-state index is 13.7. The molecule has 0 aliphatic carbocycles. The molecule has 0 saturated heterocycles. The van der Waals surface area contributed by atoms with E-state index in [0.29, 0.717) is 4.68 Å². The summed E-state index contributed by atoms with van der Waals surface area (Å²) in [4.78, 5) is 14.9. The minimum Gasteiger partial charge on any atom is -0.478 e. The van der Waals surface area contributed by atoms with Gasteiger partial charge in [0.1, 0.15) is 18.2 Å². The van der Waals surface area contributed by atoms with Gasteiger partial charge in [-0.2, -0.15) is 18.3 Å². The molecule has 0 amide bonds. The second-order valence-corrected chi connectivity index (χ2v) is 4.83. The van der Waals surface area contributed by atoms with Crippen molar-refractivity contribution in [3.05, 3.63) is 29.7 Å². The van der Waals surface area contributed by atoms with Gasteiger partial charge >= 0.3 is 12.1 Å². The maximum Gasteiger partial charge on any atom is 0.408 e. The van der Waals surface area contributed by atoms with Crippen molar-refractivity contribution in [3.63, 3.8) is 0 Å². The first kappa shape index (κ1) is 15.0. The van der Waals surface area contributed by atoms with Crippen LogP contribution in [0.2, 0.25) is 0 Å². The van der Waals surface area contributed by atoms with Gasteiger partial charge in [0.05, 0.1) is 28.2 Å². The highest BCUT2D eigenvalue weighted by molar-refractivity contribution is 6.09. The highest BCUT2D eigenvalue weighted by Gasteiger charge is 2.30. The Kier molecular flexibility index (Phi) is 3.13. The van der Waals surface area contributed by atoms with Crippen LogP contribution in [0, 0.1) is 5.82 Å². The molecule has 0 saturated carbocycles. The number of hydrogen-bond acceptors (Lipinski definition) is 4. The molecule has 3 aromatic rings. The summed E-state index contributed by atoms with van der Waals surface area (Å²) >= 11 is 0. The second kappa shape index (κ2) is 4.80. The molecule has 10 heteroatoms. The van der Waals surface area contributed by atoms with Gasteiger partial charge in [-0.05, 0) is 6.07 Å². The maximum absolute atomic E-state index is 13.7. The zero-order valence-electron chi connectivity index (χ0n) is 11.2. The number of nitrogens with zero attached hydrogens (tertiary/aromatic N) is 3. The number of rotatable bonds is 2. The molecule has 2 heterocycles. The SMILES string of the molecule is Nc1nc2cc(F)c(C(=O)O)cc2c2c1cnn2CC(F)(F)F. The van der Waals surface area contributed by atoms with Crippen LogP contribution in [0.1, 0.15) is 10.4 Å². The second-order valence-electron chi connectivity index (χ2n) is 4.83. The standard InChI is InChI=1S/C13H8F4N4O2/c14-8-2-9-6(1-5(8)12(22)23)10-7(11(18)20-9)3-19-21(10)4-13(15,16)17/h1-3H,4H2,(H2,18,20)(H,22,23). The van der Waals surface area contributed by atoms with Crippen LogP contribution in [0.5, 0.6) is 0 Å². The molecule has 0 atom stereocenters. The van der Waals surface area contributed by atoms with Crippen molar-refractivity contribution in [3.8, 4) is 0 Å². The summed E-state index contributed by atoms with van der Waals surface area (Å²) < 4.78 is 52.3. The topological polar surface area (TPSA) is 94.0 Å². The molecule has 0 spiro atoms. The van der Waals surface area contributed by atoms with E-state index in [9.17, 15) is 22.4 Å². The number of carboxylic acid groups (broad SMARTS) is 1. The van der Waals surface area contributed by atoms with Crippen molar-refractivity contribution < 1.29 is 27.5 Å². The third-order valence-electron chi connectivity index (χ3n) is 3.26. The van der Waals surface area contributed by atoms with Crippen LogP contribution in [0.15, 0.2) is 18.3 Å². The average molecular weight is 328 g/mol. The third kappa shape index (κ3) is 2.51. The molecule has 120 valence electrons. The third-order valence-corrected chi connectivity index (χ3v) is 3.26. The monoisotopic (exact) mass is 328 g/mol. The molecule has 0 radical (unpaired) electrons. The molecule has 0 aliphatic rings. The predicted octanol–water partition coefficient (Wildman–Crippen LogP) is 2.57. The first-order valence-electron chi connectivity index (χ1n) is 6.21. The fourth-order valence-corrected chi connectivity index (χ4v) is 2.35. The van der Waals surface area contributed by atoms with Crippen molar-refractivity contribution in [1.82, 2.24) is 14.8 Å². The molecule has 2 aromatic heterocycles. The van der Waals surface area contributed by atoms with Crippen molar-refractivity contribution in [2.75, 3.05) is 5.73 Å². The molecule has 3 N–H and O–H groups in total. The Labute approximate surface area is 125 Å². The van der Waals surface area contributed by atoms with E-state index in [-0.39, 0.29) is 27.6 Å². The Bertz CT molecular complexity index is 949. The minimum absolute atomic E-state index is 0.0229. The van der Waals surface area contributed by atoms with Crippen LogP contribution < -0.4 is 5.73 Å². The van der Waals surface area contributed by atoms with Crippen LogP contribution in [0.25, 0.3) is 21.8 Å². The summed E-state index contributed by atoms with van der Waals surface area (Å²) in [6, 6.07) is 1.75. The number of anilines is 1. The normalized spacial score (nSPS) is 12.2. The Hall–Kier alpha value is -2.91. The summed E-state index contributed by atoms with van der Waals surface area (Å²) in [6.07, 6.45) is -3.44. The summed E-state index contributed by atoms with van der Waals surface area (Å²) in [5.74, 6) is -2.72. The van der Waals surface area contributed by atoms with Gasteiger partial charge in [0.2, 0.25) is 0 Å². The number of hydrogen-bond donors (Lipinski definition) is 2. The highest BCUT2D eigenvalue weighted by atomic mass is 19.4. The number of alkyl halides is 3. The van der Waals surface area contributed by atoms with E-state index in [1.165, 1.54) is 0 Å². The van der Waals surface area contributed by atoms with E-state index in [0.717, 1.165) is 18.3 Å². The van der Waals surface area contributed by atoms with E-state index in [1.54, 1.807) is 0 Å². The van der Waals surface area contributed by atoms with Crippen molar-refractivity contribution in [2.45, 2.75) is 12.7 Å². The molecule has 0 bridgehead atoms. The van der Waals surface area contributed by atoms with Gasteiger partial charge < -0.3 is 10.8 Å². The average Bonchev–Trinajstić information content (AvgIpc) is 2.80. The first-order valence-corrected chi connectivity index (χ1v) is 6.21. The number of carboxylic acids is 1. The van der Waals surface area contributed by atoms with Crippen molar-refractivity contribution in [1.29, 1.82) is 0 Å². The Morgan fingerprint density at radius 2 is 2.00 bits per heavy atom. The molecule has 0 unspecified atom stereocenters. The lowest BCUT2D eigenvalue weighted by atomic mass is 10.1. The first-order chi connectivity index (χ1) is 10.7. The molecule has 0 aliphatic heterocycles. The van der Waals surface area contributed by atoms with E-state index < -0.39 is 30.1 Å². The molecular formula is C13H8F4N4O2. The van der Waals surface area contributed by atoms with Gasteiger partial charge in [-0.3, -0.25) is 4.68 Å². The zero-order valence-corrected chi connectivity index (χ0v) is 11.2. The number of benzene rings is 1. The van der Waals surface area contributed by atoms with Crippen molar-refractivity contribution in [2.24, 2.45) is 0 Å². The molecule has 6 nitrogen and oxygen atoms in total. The largest absolute Gasteiger partial charge is 0.478 e. The van der Waals surface area contributed by atoms with E-state index >= 15 is 0 Å². The molecule has 1 aromatic carbocycles. The van der Waals surface area contributed by atoms with Gasteiger partial charge in [-0.25, -0.2) is 14.2 Å². The van der Waals surface area contributed by atoms with E-state index in [1.807, 2.05) is 0 Å². The van der Waals surface area contributed by atoms with Gasteiger partial charge in [0.25, 0.3) is 0 Å². The Morgan fingerprint density at radius 3 is 2.61 bits per heavy atom. The number of fused-ring (bicyclic) bond motifs is 3. The zero-order chi connectivity index (χ0) is 16.9. The summed E-state index contributed by atoms with van der Waals surface area (Å²) in [7, 11) is 0. The fourth-order valence-electron chi connectivity index (χ4n) is 2.35. The van der Waals surface area contributed by atoms with Crippen LogP contribution in [0.4, 0.5) is 23.4 Å². The van der Waals surface area contributed by atoms with E-state index in [4.69, 9.17) is 10.8 Å². The van der Waals surface area contributed by atoms with Crippen LogP contribution in [0.3, 0.4) is 0 Å². The minimum atomic E-state index is -4.54. The van der Waals surface area contributed by atoms with Gasteiger partial charge in [-0.15, -0.1) is 0 Å². The van der Waals surface area contributed by atoms with Gasteiger partial charge in [-0.1, -0.05) is 0 Å². The summed E-state index contributed by atoms with van der Waals surface area (Å²) in [5, 5.41) is 12.7. The lowest BCUT2D eigenvalue weighted by molar-refractivity contribution is -0.141. The molecule has 3 rings (SSSR count). The number of aromatic carboxylic acids is 1. The number of halogens is 4. The van der Waals surface area contributed by atoms with Crippen LogP contribution in [-0.4, -0.2) is 32.0 Å². The Balaban J connectivity index is 2.41. The number of pyridine rings is 1. The molecule has 0 fully saturated rings. The Morgan fingerprint density at radius 1 is 1.30 bits per heavy atom. The van der Waals surface area contributed by atoms with Gasteiger partial charge in [0.15, 0.2) is 0 Å². The lowest BCUT2D eigenvalue weighted by Crippen LogP contribution is -2.18. The predicted molar refractivity (Wildman–Crippen MR) is 72.4 cm³/mol. The number of nitrogens with two attached hydrogens (primary N) is 1. The number of nitrogen functional groups attached to an aromatic ring is 1. The molecule has 23 heavy (non-hydrogen) atoms. The lowest BCUT2D eigenvalue weighted by Gasteiger charge is -2.10. The highest BCUT2D eigenvalue weighted by Crippen LogP contribution is 2.31. The number of carbonyl (C=O) groups is 1. The van der Waals surface area contributed by atoms with Crippen LogP contribution in [-0.2, 0) is 6.54 Å². The molecular weight excluding hydrogens is 320 g/mol. The number of aromatic nitrogens is 3. The smallest absolute Gasteiger partial charge is 0.408 e. The van der Waals surface area contributed by atoms with Gasteiger partial charge in [0, 0.05) is 11.5 Å².